The fraction of sp³-hybridized carbons (Fsp3) is 0.636. The van der Waals surface area contributed by atoms with Gasteiger partial charge in [0.1, 0.15) is 0 Å². The van der Waals surface area contributed by atoms with Crippen LogP contribution in [0.4, 0.5) is 0 Å². The zero-order valence-corrected chi connectivity index (χ0v) is 9.20. The highest BCUT2D eigenvalue weighted by molar-refractivity contribution is 6.12. The van der Waals surface area contributed by atoms with Gasteiger partial charge >= 0.3 is 0 Å². The summed E-state index contributed by atoms with van der Waals surface area (Å²) in [4.78, 5) is 15.5. The summed E-state index contributed by atoms with van der Waals surface area (Å²) in [6.07, 6.45) is 8.62. The van der Waals surface area contributed by atoms with Crippen LogP contribution in [0.3, 0.4) is 0 Å². The van der Waals surface area contributed by atoms with Gasteiger partial charge in [0, 0.05) is 25.5 Å². The Morgan fingerprint density at radius 2 is 2.07 bits per heavy atom. The maximum Gasteiger partial charge on any atom is 0.254 e. The van der Waals surface area contributed by atoms with E-state index in [1.54, 1.807) is 7.05 Å². The number of amides is 1. The van der Waals surface area contributed by atoms with Crippen molar-refractivity contribution in [3.63, 3.8) is 0 Å². The van der Waals surface area contributed by atoms with Gasteiger partial charge in [0.15, 0.2) is 0 Å². The Morgan fingerprint density at radius 1 is 1.40 bits per heavy atom. The lowest BCUT2D eigenvalue weighted by molar-refractivity contribution is -0.117. The molecule has 4 heteroatoms. The summed E-state index contributed by atoms with van der Waals surface area (Å²) in [5, 5.41) is 2.98. The van der Waals surface area contributed by atoms with Gasteiger partial charge in [0.05, 0.1) is 5.57 Å². The van der Waals surface area contributed by atoms with Gasteiger partial charge in [-0.05, 0) is 12.8 Å². The first-order chi connectivity index (χ1) is 7.27. The molecule has 1 fully saturated rings. The fourth-order valence-electron chi connectivity index (χ4n) is 1.83. The van der Waals surface area contributed by atoms with E-state index >= 15 is 0 Å². The number of hydrogen-bond donors (Lipinski definition) is 2. The highest BCUT2D eigenvalue weighted by Gasteiger charge is 2.16. The van der Waals surface area contributed by atoms with Gasteiger partial charge in [-0.1, -0.05) is 19.3 Å². The monoisotopic (exact) mass is 209 g/mol. The van der Waals surface area contributed by atoms with Crippen LogP contribution in [0.1, 0.15) is 32.1 Å². The Labute approximate surface area is 90.6 Å². The molecule has 0 saturated heterocycles. The average Bonchev–Trinajstić information content (AvgIpc) is 2.27. The maximum atomic E-state index is 11.7. The van der Waals surface area contributed by atoms with Gasteiger partial charge in [-0.15, -0.1) is 0 Å². The van der Waals surface area contributed by atoms with Crippen LogP contribution >= 0.6 is 0 Å². The van der Waals surface area contributed by atoms with Crippen molar-refractivity contribution in [1.82, 2.24) is 5.32 Å². The second-order valence-electron chi connectivity index (χ2n) is 3.82. The second kappa shape index (κ2) is 6.22. The lowest BCUT2D eigenvalue weighted by atomic mass is 9.95. The molecular weight excluding hydrogens is 190 g/mol. The summed E-state index contributed by atoms with van der Waals surface area (Å²) in [5.41, 5.74) is 5.78. The second-order valence-corrected chi connectivity index (χ2v) is 3.82. The fourth-order valence-corrected chi connectivity index (χ4v) is 1.83. The van der Waals surface area contributed by atoms with Crippen LogP contribution in [0.15, 0.2) is 16.8 Å². The zero-order valence-electron chi connectivity index (χ0n) is 9.20. The molecule has 0 bridgehead atoms. The van der Waals surface area contributed by atoms with E-state index in [9.17, 15) is 4.79 Å². The van der Waals surface area contributed by atoms with Crippen molar-refractivity contribution in [3.05, 3.63) is 11.8 Å². The van der Waals surface area contributed by atoms with E-state index in [4.69, 9.17) is 5.73 Å². The van der Waals surface area contributed by atoms with Crippen LogP contribution in [0, 0.1) is 0 Å². The summed E-state index contributed by atoms with van der Waals surface area (Å²) in [6.45, 7) is 0. The Balaban J connectivity index is 2.46. The first kappa shape index (κ1) is 11.8. The number of aliphatic imine (C=N–C) groups is 1. The molecule has 0 unspecified atom stereocenters. The molecule has 0 aromatic heterocycles. The van der Waals surface area contributed by atoms with Crippen LogP contribution in [-0.4, -0.2) is 25.2 Å². The normalized spacial score (nSPS) is 19.4. The standard InChI is InChI=1S/C11H19N3O/c1-13-8-9(7-12)11(15)14-10-5-3-2-4-6-10/h7-8,10H,2-6,12H2,1H3,(H,14,15)/b9-7+,13-8?. The quantitative estimate of drug-likeness (QED) is 0.537. The van der Waals surface area contributed by atoms with Gasteiger partial charge in [-0.3, -0.25) is 9.79 Å². The highest BCUT2D eigenvalue weighted by Crippen LogP contribution is 2.17. The van der Waals surface area contributed by atoms with E-state index in [-0.39, 0.29) is 5.91 Å². The molecule has 0 aliphatic heterocycles. The van der Waals surface area contributed by atoms with Crippen LogP contribution in [-0.2, 0) is 4.79 Å². The third-order valence-electron chi connectivity index (χ3n) is 2.65. The molecule has 1 aliphatic carbocycles. The third-order valence-corrected chi connectivity index (χ3v) is 2.65. The number of rotatable bonds is 3. The third kappa shape index (κ3) is 3.73. The molecule has 15 heavy (non-hydrogen) atoms. The van der Waals surface area contributed by atoms with Crippen molar-refractivity contribution in [1.29, 1.82) is 0 Å². The van der Waals surface area contributed by atoms with Crippen LogP contribution < -0.4 is 11.1 Å². The number of carbonyl (C=O) groups excluding carboxylic acids is 1. The maximum absolute atomic E-state index is 11.7. The summed E-state index contributed by atoms with van der Waals surface area (Å²) < 4.78 is 0. The van der Waals surface area contributed by atoms with E-state index in [1.165, 1.54) is 31.7 Å². The molecule has 0 spiro atoms. The van der Waals surface area contributed by atoms with Gasteiger partial charge in [-0.25, -0.2) is 0 Å². The minimum absolute atomic E-state index is 0.116. The largest absolute Gasteiger partial charge is 0.404 e. The van der Waals surface area contributed by atoms with Gasteiger partial charge in [-0.2, -0.15) is 0 Å². The van der Waals surface area contributed by atoms with Crippen LogP contribution in [0.2, 0.25) is 0 Å². The SMILES string of the molecule is CN=C/C(=C\N)C(=O)NC1CCCCC1. The number of nitrogens with two attached hydrogens (primary N) is 1. The lowest BCUT2D eigenvalue weighted by Gasteiger charge is -2.22. The van der Waals surface area contributed by atoms with Crippen molar-refractivity contribution in [2.45, 2.75) is 38.1 Å². The molecule has 0 heterocycles. The summed E-state index contributed by atoms with van der Waals surface area (Å²) in [7, 11) is 1.62. The number of hydrogen-bond acceptors (Lipinski definition) is 3. The van der Waals surface area contributed by atoms with Crippen molar-refractivity contribution in [2.75, 3.05) is 7.05 Å². The van der Waals surface area contributed by atoms with Crippen LogP contribution in [0.25, 0.3) is 0 Å². The van der Waals surface area contributed by atoms with Crippen LogP contribution in [0.5, 0.6) is 0 Å². The smallest absolute Gasteiger partial charge is 0.254 e. The Hall–Kier alpha value is -1.32. The van der Waals surface area contributed by atoms with E-state index in [0.717, 1.165) is 12.8 Å². The molecule has 0 aromatic carbocycles. The minimum Gasteiger partial charge on any atom is -0.404 e. The van der Waals surface area contributed by atoms with Crippen molar-refractivity contribution in [2.24, 2.45) is 10.7 Å². The van der Waals surface area contributed by atoms with E-state index in [1.807, 2.05) is 0 Å². The Bertz CT molecular complexity index is 265. The summed E-state index contributed by atoms with van der Waals surface area (Å²) in [6, 6.07) is 0.312. The number of nitrogens with one attached hydrogen (secondary N) is 1. The molecular formula is C11H19N3O. The Kier molecular flexibility index (Phi) is 4.87. The molecule has 0 atom stereocenters. The first-order valence-electron chi connectivity index (χ1n) is 5.43. The highest BCUT2D eigenvalue weighted by atomic mass is 16.1. The number of nitrogens with zero attached hydrogens (tertiary/aromatic N) is 1. The summed E-state index contributed by atoms with van der Waals surface area (Å²) in [5.74, 6) is -0.116. The predicted molar refractivity (Wildman–Crippen MR) is 61.7 cm³/mol. The topological polar surface area (TPSA) is 67.5 Å². The zero-order chi connectivity index (χ0) is 11.1. The van der Waals surface area contributed by atoms with E-state index < -0.39 is 0 Å². The summed E-state index contributed by atoms with van der Waals surface area (Å²) >= 11 is 0. The van der Waals surface area contributed by atoms with E-state index in [2.05, 4.69) is 10.3 Å². The molecule has 1 rings (SSSR count). The van der Waals surface area contributed by atoms with Gasteiger partial charge in [0.25, 0.3) is 5.91 Å². The first-order valence-corrected chi connectivity index (χ1v) is 5.43. The average molecular weight is 209 g/mol. The number of carbonyl (C=O) groups is 1. The predicted octanol–water partition coefficient (Wildman–Crippen LogP) is 0.978. The Morgan fingerprint density at radius 3 is 2.60 bits per heavy atom. The molecule has 1 aliphatic rings. The molecule has 1 saturated carbocycles. The van der Waals surface area contributed by atoms with Crippen molar-refractivity contribution >= 4 is 12.1 Å². The molecule has 84 valence electrons. The van der Waals surface area contributed by atoms with E-state index in [0.29, 0.717) is 11.6 Å². The van der Waals surface area contributed by atoms with Crippen molar-refractivity contribution in [3.8, 4) is 0 Å². The minimum atomic E-state index is -0.116. The molecule has 3 N–H and O–H groups in total. The lowest BCUT2D eigenvalue weighted by Crippen LogP contribution is -2.37. The molecule has 4 nitrogen and oxygen atoms in total. The molecule has 0 aromatic rings. The molecule has 1 amide bonds. The van der Waals surface area contributed by atoms with Crippen molar-refractivity contribution < 1.29 is 4.79 Å². The van der Waals surface area contributed by atoms with Gasteiger partial charge in [0.2, 0.25) is 0 Å². The molecule has 0 radical (unpaired) electrons. The van der Waals surface area contributed by atoms with Gasteiger partial charge < -0.3 is 11.1 Å².